The zero-order chi connectivity index (χ0) is 18.7. The predicted octanol–water partition coefficient (Wildman–Crippen LogP) is 4.27. The van der Waals surface area contributed by atoms with Crippen LogP contribution in [0.5, 0.6) is 0 Å². The average Bonchev–Trinajstić information content (AvgIpc) is 3.21. The lowest BCUT2D eigenvalue weighted by molar-refractivity contribution is 0.0523. The van der Waals surface area contributed by atoms with E-state index in [1.807, 2.05) is 39.8 Å². The Balaban J connectivity index is 1.65. The van der Waals surface area contributed by atoms with Crippen LogP contribution in [-0.2, 0) is 11.3 Å². The molecule has 1 fully saturated rings. The summed E-state index contributed by atoms with van der Waals surface area (Å²) in [4.78, 5) is 18.7. The summed E-state index contributed by atoms with van der Waals surface area (Å²) in [6, 6.07) is 8.28. The van der Waals surface area contributed by atoms with E-state index >= 15 is 0 Å². The Labute approximate surface area is 154 Å². The third kappa shape index (κ3) is 4.56. The van der Waals surface area contributed by atoms with Crippen molar-refractivity contribution in [3.8, 4) is 11.5 Å². The summed E-state index contributed by atoms with van der Waals surface area (Å²) in [7, 11) is 0. The molecule has 0 bridgehead atoms. The molecule has 2 aromatic rings. The van der Waals surface area contributed by atoms with Gasteiger partial charge in [-0.1, -0.05) is 0 Å². The molecule has 1 aliphatic rings. The first-order valence-electron chi connectivity index (χ1n) is 9.10. The number of aryl methyl sites for hydroxylation is 1. The van der Waals surface area contributed by atoms with Gasteiger partial charge in [-0.15, -0.1) is 0 Å². The maximum atomic E-state index is 11.8. The van der Waals surface area contributed by atoms with E-state index in [4.69, 9.17) is 9.15 Å². The van der Waals surface area contributed by atoms with E-state index in [0.717, 1.165) is 18.7 Å². The number of hydrogen-bond acceptors (Lipinski definition) is 5. The second-order valence-corrected chi connectivity index (χ2v) is 7.62. The number of hydrogen-bond donors (Lipinski definition) is 1. The van der Waals surface area contributed by atoms with Crippen molar-refractivity contribution in [2.45, 2.75) is 52.7 Å². The molecule has 6 nitrogen and oxygen atoms in total. The van der Waals surface area contributed by atoms with Gasteiger partial charge in [0.1, 0.15) is 17.1 Å². The Kier molecular flexibility index (Phi) is 5.20. The number of rotatable bonds is 4. The van der Waals surface area contributed by atoms with Gasteiger partial charge in [0.2, 0.25) is 5.89 Å². The van der Waals surface area contributed by atoms with E-state index in [0.29, 0.717) is 17.3 Å². The summed E-state index contributed by atoms with van der Waals surface area (Å²) in [5, 5.41) is 2.72. The molecule has 0 atom stereocenters. The second-order valence-electron chi connectivity index (χ2n) is 7.62. The lowest BCUT2D eigenvalue weighted by atomic mass is 10.2. The van der Waals surface area contributed by atoms with Gasteiger partial charge in [-0.25, -0.2) is 9.78 Å². The lowest BCUT2D eigenvalue weighted by Gasteiger charge is -2.19. The summed E-state index contributed by atoms with van der Waals surface area (Å²) in [6.07, 6.45) is 2.06. The molecule has 0 spiro atoms. The van der Waals surface area contributed by atoms with Crippen LogP contribution >= 0.6 is 0 Å². The normalized spacial score (nSPS) is 14.5. The number of nitrogens with zero attached hydrogens (tertiary/aromatic N) is 2. The Hall–Kier alpha value is -2.50. The minimum absolute atomic E-state index is 0.274. The van der Waals surface area contributed by atoms with Crippen molar-refractivity contribution in [3.63, 3.8) is 0 Å². The first-order chi connectivity index (χ1) is 12.3. The molecular weight excluding hydrogens is 330 g/mol. The van der Waals surface area contributed by atoms with Crippen LogP contribution < -0.4 is 10.2 Å². The van der Waals surface area contributed by atoms with E-state index in [1.165, 1.54) is 18.5 Å². The van der Waals surface area contributed by atoms with Crippen LogP contribution in [0, 0.1) is 6.92 Å². The molecule has 1 saturated heterocycles. The molecule has 0 unspecified atom stereocenters. The summed E-state index contributed by atoms with van der Waals surface area (Å²) in [5.41, 5.74) is 2.35. The highest BCUT2D eigenvalue weighted by molar-refractivity contribution is 5.67. The highest BCUT2D eigenvalue weighted by atomic mass is 16.6. The lowest BCUT2D eigenvalue weighted by Crippen LogP contribution is -2.32. The van der Waals surface area contributed by atoms with Gasteiger partial charge in [0.25, 0.3) is 0 Å². The first kappa shape index (κ1) is 18.3. The number of aromatic nitrogens is 1. The number of anilines is 1. The van der Waals surface area contributed by atoms with E-state index < -0.39 is 11.7 Å². The first-order valence-corrected chi connectivity index (χ1v) is 9.10. The summed E-state index contributed by atoms with van der Waals surface area (Å²) >= 11 is 0. The molecule has 26 heavy (non-hydrogen) atoms. The van der Waals surface area contributed by atoms with Gasteiger partial charge in [0.15, 0.2) is 0 Å². The summed E-state index contributed by atoms with van der Waals surface area (Å²) in [5.74, 6) is 1.26. The van der Waals surface area contributed by atoms with Crippen molar-refractivity contribution in [1.29, 1.82) is 0 Å². The van der Waals surface area contributed by atoms with Crippen molar-refractivity contribution < 1.29 is 13.9 Å². The third-order valence-corrected chi connectivity index (χ3v) is 4.28. The zero-order valence-corrected chi connectivity index (χ0v) is 16.0. The van der Waals surface area contributed by atoms with Crippen LogP contribution in [-0.4, -0.2) is 29.8 Å². The number of oxazole rings is 1. The summed E-state index contributed by atoms with van der Waals surface area (Å²) in [6.45, 7) is 9.86. The molecule has 3 rings (SSSR count). The van der Waals surface area contributed by atoms with Crippen LogP contribution in [0.3, 0.4) is 0 Å². The zero-order valence-electron chi connectivity index (χ0n) is 16.0. The van der Waals surface area contributed by atoms with Crippen molar-refractivity contribution in [3.05, 3.63) is 35.7 Å². The largest absolute Gasteiger partial charge is 0.444 e. The molecule has 2 heterocycles. The van der Waals surface area contributed by atoms with Gasteiger partial charge in [0, 0.05) is 24.3 Å². The molecule has 1 aromatic carbocycles. The van der Waals surface area contributed by atoms with Gasteiger partial charge in [-0.3, -0.25) is 0 Å². The Morgan fingerprint density at radius 3 is 2.50 bits per heavy atom. The molecule has 140 valence electrons. The van der Waals surface area contributed by atoms with Gasteiger partial charge in [0.05, 0.1) is 6.54 Å². The second kappa shape index (κ2) is 7.40. The molecule has 1 aliphatic heterocycles. The topological polar surface area (TPSA) is 67.6 Å². The third-order valence-electron chi connectivity index (χ3n) is 4.28. The molecule has 1 aromatic heterocycles. The molecule has 6 heteroatoms. The number of alkyl carbamates (subject to hydrolysis) is 1. The molecular formula is C20H27N3O3. The Bertz CT molecular complexity index is 754. The van der Waals surface area contributed by atoms with E-state index in [2.05, 4.69) is 27.3 Å². The number of amides is 1. The quantitative estimate of drug-likeness (QED) is 0.885. The molecule has 0 aliphatic carbocycles. The number of benzene rings is 1. The van der Waals surface area contributed by atoms with Crippen LogP contribution in [0.2, 0.25) is 0 Å². The molecule has 1 N–H and O–H groups in total. The van der Waals surface area contributed by atoms with Crippen molar-refractivity contribution in [2.24, 2.45) is 0 Å². The minimum Gasteiger partial charge on any atom is -0.444 e. The fourth-order valence-corrected chi connectivity index (χ4v) is 2.98. The van der Waals surface area contributed by atoms with Crippen LogP contribution in [0.1, 0.15) is 45.1 Å². The Morgan fingerprint density at radius 1 is 1.23 bits per heavy atom. The summed E-state index contributed by atoms with van der Waals surface area (Å²) < 4.78 is 11.0. The van der Waals surface area contributed by atoms with Crippen molar-refractivity contribution >= 4 is 11.8 Å². The Morgan fingerprint density at radius 2 is 1.88 bits per heavy atom. The fraction of sp³-hybridized carbons (Fsp3) is 0.500. The van der Waals surface area contributed by atoms with Crippen LogP contribution in [0.15, 0.2) is 28.7 Å². The average molecular weight is 357 g/mol. The molecule has 0 radical (unpaired) electrons. The van der Waals surface area contributed by atoms with E-state index in [-0.39, 0.29) is 6.54 Å². The van der Waals surface area contributed by atoms with Gasteiger partial charge < -0.3 is 19.4 Å². The van der Waals surface area contributed by atoms with Gasteiger partial charge in [-0.2, -0.15) is 0 Å². The van der Waals surface area contributed by atoms with Gasteiger partial charge >= 0.3 is 6.09 Å². The molecule has 1 amide bonds. The maximum absolute atomic E-state index is 11.8. The smallest absolute Gasteiger partial charge is 0.407 e. The highest BCUT2D eigenvalue weighted by Gasteiger charge is 2.18. The number of nitrogens with one attached hydrogen (secondary N) is 1. The standard InChI is InChI=1S/C20H27N3O3/c1-14-17(13-21-19(24)26-20(2,3)4)22-18(25-14)15-7-9-16(10-8-15)23-11-5-6-12-23/h7-10H,5-6,11-13H2,1-4H3,(H,21,24). The SMILES string of the molecule is Cc1oc(-c2ccc(N3CCCC3)cc2)nc1CNC(=O)OC(C)(C)C. The number of ether oxygens (including phenoxy) is 1. The van der Waals surface area contributed by atoms with E-state index in [1.54, 1.807) is 0 Å². The maximum Gasteiger partial charge on any atom is 0.407 e. The fourth-order valence-electron chi connectivity index (χ4n) is 2.98. The van der Waals surface area contributed by atoms with Gasteiger partial charge in [-0.05, 0) is 64.8 Å². The van der Waals surface area contributed by atoms with Crippen molar-refractivity contribution in [1.82, 2.24) is 10.3 Å². The number of carbonyl (C=O) groups excluding carboxylic acids is 1. The minimum atomic E-state index is -0.523. The highest BCUT2D eigenvalue weighted by Crippen LogP contribution is 2.26. The van der Waals surface area contributed by atoms with Crippen molar-refractivity contribution in [2.75, 3.05) is 18.0 Å². The monoisotopic (exact) mass is 357 g/mol. The van der Waals surface area contributed by atoms with E-state index in [9.17, 15) is 4.79 Å². The predicted molar refractivity (Wildman–Crippen MR) is 101 cm³/mol. The number of carbonyl (C=O) groups is 1. The molecule has 0 saturated carbocycles. The van der Waals surface area contributed by atoms with Crippen LogP contribution in [0.25, 0.3) is 11.5 Å². The van der Waals surface area contributed by atoms with Crippen LogP contribution in [0.4, 0.5) is 10.5 Å².